The van der Waals surface area contributed by atoms with E-state index in [9.17, 15) is 9.59 Å². The zero-order valence-electron chi connectivity index (χ0n) is 8.17. The summed E-state index contributed by atoms with van der Waals surface area (Å²) in [4.78, 5) is 23.8. The van der Waals surface area contributed by atoms with E-state index in [1.165, 1.54) is 0 Å². The molecular formula is C9H16N2O2. The predicted octanol–water partition coefficient (Wildman–Crippen LogP) is -0.214. The second-order valence-electron chi connectivity index (χ2n) is 3.86. The van der Waals surface area contributed by atoms with Gasteiger partial charge in [0, 0.05) is 26.1 Å². The van der Waals surface area contributed by atoms with Crippen molar-refractivity contribution in [3.63, 3.8) is 0 Å². The van der Waals surface area contributed by atoms with Crippen LogP contribution in [0, 0.1) is 0 Å². The molecule has 1 saturated heterocycles. The summed E-state index contributed by atoms with van der Waals surface area (Å²) in [6.45, 7) is 5.79. The van der Waals surface area contributed by atoms with Crippen LogP contribution in [0.1, 0.15) is 20.3 Å². The van der Waals surface area contributed by atoms with E-state index in [1.54, 1.807) is 0 Å². The maximum atomic E-state index is 11.0. The highest BCUT2D eigenvalue weighted by molar-refractivity contribution is 5.76. The van der Waals surface area contributed by atoms with Gasteiger partial charge in [0.05, 0.1) is 5.54 Å². The van der Waals surface area contributed by atoms with Crippen molar-refractivity contribution in [1.29, 1.82) is 0 Å². The molecule has 0 radical (unpaired) electrons. The third-order valence-corrected chi connectivity index (χ3v) is 2.42. The monoisotopic (exact) mass is 184 g/mol. The fourth-order valence-electron chi connectivity index (χ4n) is 1.42. The van der Waals surface area contributed by atoms with Gasteiger partial charge < -0.3 is 10.1 Å². The highest BCUT2D eigenvalue weighted by Crippen LogP contribution is 2.12. The maximum Gasteiger partial charge on any atom is 0.221 e. The van der Waals surface area contributed by atoms with E-state index in [4.69, 9.17) is 0 Å². The molecule has 4 nitrogen and oxygen atoms in total. The zero-order chi connectivity index (χ0) is 9.90. The third kappa shape index (κ3) is 2.52. The van der Waals surface area contributed by atoms with Crippen molar-refractivity contribution in [2.45, 2.75) is 25.8 Å². The molecule has 0 atom stereocenters. The predicted molar refractivity (Wildman–Crippen MR) is 49.3 cm³/mol. The molecule has 0 saturated carbocycles. The van der Waals surface area contributed by atoms with Crippen molar-refractivity contribution in [2.24, 2.45) is 0 Å². The van der Waals surface area contributed by atoms with E-state index in [0.717, 1.165) is 12.8 Å². The summed E-state index contributed by atoms with van der Waals surface area (Å²) in [6.07, 6.45) is 1.42. The first-order chi connectivity index (χ1) is 6.06. The van der Waals surface area contributed by atoms with Crippen molar-refractivity contribution >= 4 is 12.2 Å². The summed E-state index contributed by atoms with van der Waals surface area (Å²) in [5, 5.41) is 2.77. The van der Waals surface area contributed by atoms with Gasteiger partial charge in [0.1, 0.15) is 6.29 Å². The first-order valence-corrected chi connectivity index (χ1v) is 4.54. The average Bonchev–Trinajstić information content (AvgIpc) is 2.30. The Morgan fingerprint density at radius 2 is 2.15 bits per heavy atom. The Morgan fingerprint density at radius 1 is 1.46 bits per heavy atom. The van der Waals surface area contributed by atoms with Crippen LogP contribution >= 0.6 is 0 Å². The SMILES string of the molecule is CC(C)(C=O)N1CCNC(=O)CC1. The number of rotatable bonds is 2. The molecule has 0 spiro atoms. The number of carbonyl (C=O) groups is 2. The molecule has 0 aromatic heterocycles. The third-order valence-electron chi connectivity index (χ3n) is 2.42. The minimum absolute atomic E-state index is 0.0733. The van der Waals surface area contributed by atoms with Gasteiger partial charge in [-0.05, 0) is 13.8 Å². The molecule has 74 valence electrons. The zero-order valence-corrected chi connectivity index (χ0v) is 8.17. The molecule has 0 aromatic carbocycles. The van der Waals surface area contributed by atoms with Gasteiger partial charge in [-0.2, -0.15) is 0 Å². The number of nitrogens with zero attached hydrogens (tertiary/aromatic N) is 1. The van der Waals surface area contributed by atoms with E-state index >= 15 is 0 Å². The molecule has 1 aliphatic rings. The van der Waals surface area contributed by atoms with Crippen molar-refractivity contribution < 1.29 is 9.59 Å². The molecule has 13 heavy (non-hydrogen) atoms. The van der Waals surface area contributed by atoms with Gasteiger partial charge >= 0.3 is 0 Å². The summed E-state index contributed by atoms with van der Waals surface area (Å²) < 4.78 is 0. The van der Waals surface area contributed by atoms with Crippen LogP contribution in [0.4, 0.5) is 0 Å². The quantitative estimate of drug-likeness (QED) is 0.604. The summed E-state index contributed by atoms with van der Waals surface area (Å²) in [5.74, 6) is 0.0733. The molecule has 1 fully saturated rings. The Bertz CT molecular complexity index is 214. The van der Waals surface area contributed by atoms with Crippen molar-refractivity contribution in [2.75, 3.05) is 19.6 Å². The normalized spacial score (nSPS) is 20.6. The second kappa shape index (κ2) is 3.87. The minimum Gasteiger partial charge on any atom is -0.355 e. The van der Waals surface area contributed by atoms with E-state index in [-0.39, 0.29) is 5.91 Å². The molecule has 1 aliphatic heterocycles. The number of carbonyl (C=O) groups excluding carboxylic acids is 2. The molecule has 4 heteroatoms. The maximum absolute atomic E-state index is 11.0. The first-order valence-electron chi connectivity index (χ1n) is 4.54. The molecule has 1 amide bonds. The fourth-order valence-corrected chi connectivity index (χ4v) is 1.42. The van der Waals surface area contributed by atoms with E-state index in [2.05, 4.69) is 5.32 Å². The molecular weight excluding hydrogens is 168 g/mol. The number of hydrogen-bond acceptors (Lipinski definition) is 3. The summed E-state index contributed by atoms with van der Waals surface area (Å²) >= 11 is 0. The lowest BCUT2D eigenvalue weighted by atomic mass is 10.1. The van der Waals surface area contributed by atoms with Gasteiger partial charge in [-0.15, -0.1) is 0 Å². The van der Waals surface area contributed by atoms with Crippen LogP contribution in [0.2, 0.25) is 0 Å². The number of amides is 1. The van der Waals surface area contributed by atoms with Crippen LogP contribution in [0.25, 0.3) is 0 Å². The lowest BCUT2D eigenvalue weighted by Gasteiger charge is -2.32. The largest absolute Gasteiger partial charge is 0.355 e. The van der Waals surface area contributed by atoms with Gasteiger partial charge in [0.2, 0.25) is 5.91 Å². The van der Waals surface area contributed by atoms with Gasteiger partial charge in [-0.3, -0.25) is 9.69 Å². The molecule has 0 aromatic rings. The van der Waals surface area contributed by atoms with Gasteiger partial charge in [0.25, 0.3) is 0 Å². The topological polar surface area (TPSA) is 49.4 Å². The summed E-state index contributed by atoms with van der Waals surface area (Å²) in [5.41, 5.74) is -0.452. The number of hydrogen-bond donors (Lipinski definition) is 1. The first kappa shape index (κ1) is 10.2. The fraction of sp³-hybridized carbons (Fsp3) is 0.778. The molecule has 1 heterocycles. The summed E-state index contributed by atoms with van der Waals surface area (Å²) in [6, 6.07) is 0. The van der Waals surface area contributed by atoms with Crippen LogP contribution in [-0.4, -0.2) is 42.3 Å². The smallest absolute Gasteiger partial charge is 0.221 e. The molecule has 0 bridgehead atoms. The Kier molecular flexibility index (Phi) is 3.03. The average molecular weight is 184 g/mol. The van der Waals surface area contributed by atoms with Crippen molar-refractivity contribution in [3.8, 4) is 0 Å². The highest BCUT2D eigenvalue weighted by atomic mass is 16.1. The number of aldehydes is 1. The van der Waals surface area contributed by atoms with Gasteiger partial charge in [-0.25, -0.2) is 0 Å². The Morgan fingerprint density at radius 3 is 2.77 bits per heavy atom. The standard InChI is InChI=1S/C9H16N2O2/c1-9(2,7-12)11-5-3-8(13)10-4-6-11/h7H,3-6H2,1-2H3,(H,10,13). The summed E-state index contributed by atoms with van der Waals surface area (Å²) in [7, 11) is 0. The molecule has 0 unspecified atom stereocenters. The molecule has 0 aliphatic carbocycles. The van der Waals surface area contributed by atoms with Crippen LogP contribution < -0.4 is 5.32 Å². The van der Waals surface area contributed by atoms with Crippen LogP contribution in [-0.2, 0) is 9.59 Å². The lowest BCUT2D eigenvalue weighted by Crippen LogP contribution is -2.46. The van der Waals surface area contributed by atoms with Crippen LogP contribution in [0.15, 0.2) is 0 Å². The van der Waals surface area contributed by atoms with Gasteiger partial charge in [0.15, 0.2) is 0 Å². The van der Waals surface area contributed by atoms with Crippen molar-refractivity contribution in [1.82, 2.24) is 10.2 Å². The Balaban J connectivity index is 2.60. The molecule has 1 rings (SSSR count). The van der Waals surface area contributed by atoms with Crippen LogP contribution in [0.3, 0.4) is 0 Å². The number of nitrogens with one attached hydrogen (secondary N) is 1. The highest BCUT2D eigenvalue weighted by Gasteiger charge is 2.27. The van der Waals surface area contributed by atoms with Crippen molar-refractivity contribution in [3.05, 3.63) is 0 Å². The van der Waals surface area contributed by atoms with E-state index < -0.39 is 5.54 Å². The minimum atomic E-state index is -0.452. The Labute approximate surface area is 78.3 Å². The second-order valence-corrected chi connectivity index (χ2v) is 3.86. The van der Waals surface area contributed by atoms with E-state index in [1.807, 2.05) is 18.7 Å². The molecule has 1 N–H and O–H groups in total. The van der Waals surface area contributed by atoms with Crippen LogP contribution in [0.5, 0.6) is 0 Å². The van der Waals surface area contributed by atoms with E-state index in [0.29, 0.717) is 19.5 Å². The Hall–Kier alpha value is -0.900. The van der Waals surface area contributed by atoms with Gasteiger partial charge in [-0.1, -0.05) is 0 Å². The lowest BCUT2D eigenvalue weighted by molar-refractivity contribution is -0.121.